The monoisotopic (exact) mass is 295 g/mol. The van der Waals surface area contributed by atoms with Crippen LogP contribution in [0.2, 0.25) is 4.34 Å². The highest BCUT2D eigenvalue weighted by atomic mass is 35.5. The fourth-order valence-electron chi connectivity index (χ4n) is 1.75. The maximum absolute atomic E-state index is 5.91. The second-order valence-electron chi connectivity index (χ2n) is 4.80. The molecule has 0 spiro atoms. The third-order valence-corrected chi connectivity index (χ3v) is 4.04. The molecule has 19 heavy (non-hydrogen) atoms. The number of hydrogen-bond donors (Lipinski definition) is 1. The van der Waals surface area contributed by atoms with Crippen LogP contribution in [0.4, 0.5) is 5.95 Å². The smallest absolute Gasteiger partial charge is 0.223 e. The molecule has 0 aromatic carbocycles. The molecule has 5 heteroatoms. The van der Waals surface area contributed by atoms with Crippen molar-refractivity contribution in [3.8, 4) is 0 Å². The molecule has 1 N–H and O–H groups in total. The summed E-state index contributed by atoms with van der Waals surface area (Å²) >= 11 is 7.52. The van der Waals surface area contributed by atoms with Gasteiger partial charge in [0, 0.05) is 22.8 Å². The number of rotatable bonds is 5. The first-order valence-electron chi connectivity index (χ1n) is 6.38. The van der Waals surface area contributed by atoms with Crippen molar-refractivity contribution in [2.75, 3.05) is 11.9 Å². The first kappa shape index (κ1) is 14.3. The van der Waals surface area contributed by atoms with Gasteiger partial charge >= 0.3 is 0 Å². The molecule has 2 rings (SSSR count). The van der Waals surface area contributed by atoms with Crippen LogP contribution in [0.5, 0.6) is 0 Å². The van der Waals surface area contributed by atoms with Crippen molar-refractivity contribution >= 4 is 28.9 Å². The molecule has 0 saturated heterocycles. The SMILES string of the molecule is Cc1cc(C(C)C)nc(NCCc2ccc(Cl)s2)n1. The predicted octanol–water partition coefficient (Wildman–Crippen LogP) is 4.28. The molecule has 2 aromatic heterocycles. The zero-order valence-electron chi connectivity index (χ0n) is 11.4. The first-order valence-corrected chi connectivity index (χ1v) is 7.57. The fraction of sp³-hybridized carbons (Fsp3) is 0.429. The fourth-order valence-corrected chi connectivity index (χ4v) is 2.84. The Bertz CT molecular complexity index is 551. The molecule has 0 aliphatic rings. The van der Waals surface area contributed by atoms with E-state index in [0.717, 1.165) is 28.7 Å². The molecule has 0 aliphatic carbocycles. The Kier molecular flexibility index (Phi) is 4.77. The molecule has 0 radical (unpaired) electrons. The Hall–Kier alpha value is -1.13. The second-order valence-corrected chi connectivity index (χ2v) is 6.59. The number of hydrogen-bond acceptors (Lipinski definition) is 4. The van der Waals surface area contributed by atoms with Gasteiger partial charge in [-0.3, -0.25) is 0 Å². The normalized spacial score (nSPS) is 11.0. The third kappa shape index (κ3) is 4.18. The van der Waals surface area contributed by atoms with Crippen molar-refractivity contribution < 1.29 is 0 Å². The summed E-state index contributed by atoms with van der Waals surface area (Å²) in [6, 6.07) is 6.03. The molecule has 0 fully saturated rings. The number of nitrogens with one attached hydrogen (secondary N) is 1. The van der Waals surface area contributed by atoms with E-state index in [-0.39, 0.29) is 0 Å². The average Bonchev–Trinajstić information content (AvgIpc) is 2.74. The lowest BCUT2D eigenvalue weighted by molar-refractivity contribution is 0.808. The van der Waals surface area contributed by atoms with Gasteiger partial charge in [0.15, 0.2) is 0 Å². The lowest BCUT2D eigenvalue weighted by Gasteiger charge is -2.09. The summed E-state index contributed by atoms with van der Waals surface area (Å²) in [6.45, 7) is 7.09. The topological polar surface area (TPSA) is 37.8 Å². The van der Waals surface area contributed by atoms with Gasteiger partial charge in [-0.05, 0) is 37.5 Å². The lowest BCUT2D eigenvalue weighted by atomic mass is 10.1. The zero-order chi connectivity index (χ0) is 13.8. The summed E-state index contributed by atoms with van der Waals surface area (Å²) in [6.07, 6.45) is 0.936. The molecule has 2 heterocycles. The summed E-state index contributed by atoms with van der Waals surface area (Å²) in [4.78, 5) is 10.2. The first-order chi connectivity index (χ1) is 9.04. The van der Waals surface area contributed by atoms with Gasteiger partial charge in [0.25, 0.3) is 0 Å². The average molecular weight is 296 g/mol. The van der Waals surface area contributed by atoms with Gasteiger partial charge in [-0.25, -0.2) is 9.97 Å². The van der Waals surface area contributed by atoms with Crippen molar-refractivity contribution in [3.63, 3.8) is 0 Å². The number of anilines is 1. The maximum atomic E-state index is 5.91. The molecule has 2 aromatic rings. The van der Waals surface area contributed by atoms with Crippen molar-refractivity contribution in [2.45, 2.75) is 33.1 Å². The quantitative estimate of drug-likeness (QED) is 0.895. The van der Waals surface area contributed by atoms with Gasteiger partial charge in [0.05, 0.1) is 4.34 Å². The molecule has 0 amide bonds. The van der Waals surface area contributed by atoms with Gasteiger partial charge in [-0.2, -0.15) is 0 Å². The molecular weight excluding hydrogens is 278 g/mol. The van der Waals surface area contributed by atoms with E-state index < -0.39 is 0 Å². The number of nitrogens with zero attached hydrogens (tertiary/aromatic N) is 2. The Morgan fingerprint density at radius 3 is 2.74 bits per heavy atom. The maximum Gasteiger partial charge on any atom is 0.223 e. The number of halogens is 1. The molecule has 0 unspecified atom stereocenters. The van der Waals surface area contributed by atoms with Crippen LogP contribution in [0.25, 0.3) is 0 Å². The third-order valence-electron chi connectivity index (χ3n) is 2.75. The van der Waals surface area contributed by atoms with E-state index in [1.54, 1.807) is 11.3 Å². The van der Waals surface area contributed by atoms with Gasteiger partial charge in [-0.15, -0.1) is 11.3 Å². The van der Waals surface area contributed by atoms with E-state index in [2.05, 4.69) is 35.2 Å². The van der Waals surface area contributed by atoms with E-state index in [9.17, 15) is 0 Å². The minimum Gasteiger partial charge on any atom is -0.354 e. The summed E-state index contributed by atoms with van der Waals surface area (Å²) in [7, 11) is 0. The van der Waals surface area contributed by atoms with Gasteiger partial charge < -0.3 is 5.32 Å². The molecule has 102 valence electrons. The minimum atomic E-state index is 0.415. The summed E-state index contributed by atoms with van der Waals surface area (Å²) in [5, 5.41) is 3.28. The van der Waals surface area contributed by atoms with Crippen LogP contribution in [0.1, 0.15) is 36.0 Å². The van der Waals surface area contributed by atoms with Crippen molar-refractivity contribution in [1.29, 1.82) is 0 Å². The van der Waals surface area contributed by atoms with Crippen LogP contribution >= 0.6 is 22.9 Å². The van der Waals surface area contributed by atoms with Crippen molar-refractivity contribution in [3.05, 3.63) is 38.8 Å². The van der Waals surface area contributed by atoms with E-state index >= 15 is 0 Å². The highest BCUT2D eigenvalue weighted by Gasteiger charge is 2.05. The zero-order valence-corrected chi connectivity index (χ0v) is 13.0. The molecule has 0 saturated carbocycles. The van der Waals surface area contributed by atoms with Crippen molar-refractivity contribution in [2.24, 2.45) is 0 Å². The van der Waals surface area contributed by atoms with E-state index in [1.165, 1.54) is 4.88 Å². The van der Waals surface area contributed by atoms with Crippen LogP contribution < -0.4 is 5.32 Å². The van der Waals surface area contributed by atoms with Gasteiger partial charge in [0.1, 0.15) is 0 Å². The van der Waals surface area contributed by atoms with Crippen LogP contribution in [-0.2, 0) is 6.42 Å². The number of thiophene rings is 1. The summed E-state index contributed by atoms with van der Waals surface area (Å²) in [5.74, 6) is 1.13. The standard InChI is InChI=1S/C14H18ClN3S/c1-9(2)12-8-10(3)17-14(18-12)16-7-6-11-4-5-13(15)19-11/h4-5,8-9H,6-7H2,1-3H3,(H,16,17,18). The van der Waals surface area contributed by atoms with Gasteiger partial charge in [-0.1, -0.05) is 25.4 Å². The second kappa shape index (κ2) is 6.35. The van der Waals surface area contributed by atoms with Crippen LogP contribution in [0.3, 0.4) is 0 Å². The van der Waals surface area contributed by atoms with Crippen LogP contribution in [0, 0.1) is 6.92 Å². The largest absolute Gasteiger partial charge is 0.354 e. The van der Waals surface area contributed by atoms with Crippen LogP contribution in [0.15, 0.2) is 18.2 Å². The highest BCUT2D eigenvalue weighted by Crippen LogP contribution is 2.21. The summed E-state index contributed by atoms with van der Waals surface area (Å²) < 4.78 is 0.837. The Morgan fingerprint density at radius 2 is 2.11 bits per heavy atom. The Labute approximate surface area is 123 Å². The van der Waals surface area contributed by atoms with E-state index in [4.69, 9.17) is 11.6 Å². The van der Waals surface area contributed by atoms with E-state index in [0.29, 0.717) is 11.9 Å². The van der Waals surface area contributed by atoms with Crippen LogP contribution in [-0.4, -0.2) is 16.5 Å². The van der Waals surface area contributed by atoms with Crippen molar-refractivity contribution in [1.82, 2.24) is 9.97 Å². The Balaban J connectivity index is 1.95. The molecule has 0 bridgehead atoms. The molecule has 0 aliphatic heterocycles. The lowest BCUT2D eigenvalue weighted by Crippen LogP contribution is -2.09. The molecule has 3 nitrogen and oxygen atoms in total. The highest BCUT2D eigenvalue weighted by molar-refractivity contribution is 7.16. The minimum absolute atomic E-state index is 0.415. The van der Waals surface area contributed by atoms with Gasteiger partial charge in [0.2, 0.25) is 5.95 Å². The predicted molar refractivity (Wildman–Crippen MR) is 82.4 cm³/mol. The Morgan fingerprint density at radius 1 is 1.32 bits per heavy atom. The van der Waals surface area contributed by atoms with E-state index in [1.807, 2.05) is 19.1 Å². The molecule has 0 atom stereocenters. The molecular formula is C14H18ClN3S. The summed E-state index contributed by atoms with van der Waals surface area (Å²) in [5.41, 5.74) is 2.08. The number of aromatic nitrogens is 2. The number of aryl methyl sites for hydroxylation is 1.